The van der Waals surface area contributed by atoms with Gasteiger partial charge in [-0.1, -0.05) is 6.92 Å². The highest BCUT2D eigenvalue weighted by molar-refractivity contribution is 4.48. The summed E-state index contributed by atoms with van der Waals surface area (Å²) < 4.78 is 27.2. The molecule has 0 atom stereocenters. The molecule has 0 N–H and O–H groups in total. The molecule has 0 rings (SSSR count). The van der Waals surface area contributed by atoms with Crippen molar-refractivity contribution in [2.75, 3.05) is 0 Å². The van der Waals surface area contributed by atoms with E-state index in [0.717, 1.165) is 6.61 Å². The Morgan fingerprint density at radius 3 is 2.25 bits per heavy atom. The van der Waals surface area contributed by atoms with Crippen LogP contribution in [0, 0.1) is 6.61 Å². The van der Waals surface area contributed by atoms with Gasteiger partial charge in [-0.3, -0.25) is 0 Å². The monoisotopic (exact) mass is 123 g/mol. The quantitative estimate of drug-likeness (QED) is 0.559. The molecule has 0 spiro atoms. The van der Waals surface area contributed by atoms with Crippen LogP contribution in [0.15, 0.2) is 0 Å². The maximum Gasteiger partial charge on any atom is 0.353 e. The molecule has 49 valence electrons. The van der Waals surface area contributed by atoms with E-state index in [2.05, 4.69) is 4.74 Å². The second kappa shape index (κ2) is 2.97. The molecule has 0 bridgehead atoms. The van der Waals surface area contributed by atoms with Crippen molar-refractivity contribution in [3.8, 4) is 0 Å². The van der Waals surface area contributed by atoms with Gasteiger partial charge in [-0.25, -0.2) is 0 Å². The maximum absolute atomic E-state index is 11.7. The highest BCUT2D eigenvalue weighted by Gasteiger charge is 2.20. The normalized spacial score (nSPS) is 12.0. The number of rotatable bonds is 3. The van der Waals surface area contributed by atoms with E-state index < -0.39 is 6.11 Å². The average molecular weight is 123 g/mol. The number of ether oxygens (including phenoxy) is 1. The highest BCUT2D eigenvalue weighted by Crippen LogP contribution is 2.14. The third-order valence-corrected chi connectivity index (χ3v) is 0.457. The van der Waals surface area contributed by atoms with E-state index in [1.165, 1.54) is 0 Å². The minimum Gasteiger partial charge on any atom is -0.315 e. The Kier molecular flexibility index (Phi) is 2.90. The minimum atomic E-state index is -3.00. The predicted octanol–water partition coefficient (Wildman–Crippen LogP) is 2.19. The predicted molar refractivity (Wildman–Crippen MR) is 26.3 cm³/mol. The maximum atomic E-state index is 11.7. The van der Waals surface area contributed by atoms with Gasteiger partial charge in [0.15, 0.2) is 0 Å². The van der Waals surface area contributed by atoms with Crippen LogP contribution in [0.3, 0.4) is 0 Å². The van der Waals surface area contributed by atoms with Crippen LogP contribution < -0.4 is 0 Å². The van der Waals surface area contributed by atoms with E-state index in [1.54, 1.807) is 6.92 Å². The molecule has 1 radical (unpaired) electrons. The van der Waals surface area contributed by atoms with E-state index in [9.17, 15) is 8.78 Å². The molecule has 0 aliphatic heterocycles. The molecule has 0 aromatic rings. The smallest absolute Gasteiger partial charge is 0.315 e. The van der Waals surface area contributed by atoms with Crippen molar-refractivity contribution in [2.45, 2.75) is 26.4 Å². The lowest BCUT2D eigenvalue weighted by Gasteiger charge is -2.08. The molecule has 0 saturated carbocycles. The lowest BCUT2D eigenvalue weighted by molar-refractivity contribution is -0.203. The van der Waals surface area contributed by atoms with Gasteiger partial charge in [0, 0.05) is 6.92 Å². The van der Waals surface area contributed by atoms with Gasteiger partial charge in [-0.15, -0.1) is 0 Å². The highest BCUT2D eigenvalue weighted by atomic mass is 19.3. The summed E-state index contributed by atoms with van der Waals surface area (Å²) in [4.78, 5) is 0. The van der Waals surface area contributed by atoms with Crippen molar-refractivity contribution in [3.05, 3.63) is 6.61 Å². The Bertz CT molecular complexity index is 57.9. The largest absolute Gasteiger partial charge is 0.353 e. The molecule has 0 aliphatic rings. The molecule has 0 heterocycles. The lowest BCUT2D eigenvalue weighted by atomic mass is 10.5. The summed E-state index contributed by atoms with van der Waals surface area (Å²) in [7, 11) is 0. The SMILES string of the molecule is CC[CH]OC(C)(F)F. The first kappa shape index (κ1) is 7.82. The van der Waals surface area contributed by atoms with E-state index >= 15 is 0 Å². The van der Waals surface area contributed by atoms with Crippen molar-refractivity contribution in [3.63, 3.8) is 0 Å². The molecule has 0 aromatic carbocycles. The van der Waals surface area contributed by atoms with Crippen LogP contribution >= 0.6 is 0 Å². The first-order valence-electron chi connectivity index (χ1n) is 2.43. The van der Waals surface area contributed by atoms with E-state index in [0.29, 0.717) is 13.3 Å². The second-order valence-electron chi connectivity index (χ2n) is 1.50. The zero-order valence-corrected chi connectivity index (χ0v) is 4.95. The number of alkyl halides is 2. The summed E-state index contributed by atoms with van der Waals surface area (Å²) in [5.41, 5.74) is 0. The zero-order chi connectivity index (χ0) is 6.62. The van der Waals surface area contributed by atoms with Crippen molar-refractivity contribution in [2.24, 2.45) is 0 Å². The topological polar surface area (TPSA) is 9.23 Å². The van der Waals surface area contributed by atoms with Crippen LogP contribution in [-0.2, 0) is 4.74 Å². The van der Waals surface area contributed by atoms with Gasteiger partial charge >= 0.3 is 6.11 Å². The van der Waals surface area contributed by atoms with E-state index in [4.69, 9.17) is 0 Å². The van der Waals surface area contributed by atoms with Crippen molar-refractivity contribution in [1.29, 1.82) is 0 Å². The standard InChI is InChI=1S/C5H9F2O/c1-3-4-8-5(2,6)7/h4H,3H2,1-2H3. The van der Waals surface area contributed by atoms with Crippen LogP contribution in [0.1, 0.15) is 20.3 Å². The Morgan fingerprint density at radius 1 is 1.62 bits per heavy atom. The number of hydrogen-bond acceptors (Lipinski definition) is 1. The van der Waals surface area contributed by atoms with Gasteiger partial charge in [0.05, 0.1) is 6.61 Å². The Balaban J connectivity index is 3.11. The molecule has 1 nitrogen and oxygen atoms in total. The first-order chi connectivity index (χ1) is 3.56. The van der Waals surface area contributed by atoms with Gasteiger partial charge in [0.25, 0.3) is 0 Å². The number of hydrogen-bond donors (Lipinski definition) is 0. The fraction of sp³-hybridized carbons (Fsp3) is 0.800. The molecular formula is C5H9F2O. The lowest BCUT2D eigenvalue weighted by Crippen LogP contribution is -2.12. The third kappa shape index (κ3) is 5.82. The van der Waals surface area contributed by atoms with Gasteiger partial charge in [0.2, 0.25) is 0 Å². The van der Waals surface area contributed by atoms with E-state index in [1.807, 2.05) is 0 Å². The summed E-state index contributed by atoms with van der Waals surface area (Å²) in [5, 5.41) is 0. The van der Waals surface area contributed by atoms with Gasteiger partial charge in [0.1, 0.15) is 0 Å². The third-order valence-electron chi connectivity index (χ3n) is 0.457. The first-order valence-corrected chi connectivity index (χ1v) is 2.43. The zero-order valence-electron chi connectivity index (χ0n) is 4.95. The molecule has 8 heavy (non-hydrogen) atoms. The Morgan fingerprint density at radius 2 is 2.12 bits per heavy atom. The summed E-state index contributed by atoms with van der Waals surface area (Å²) in [5.74, 6) is 0. The summed E-state index contributed by atoms with van der Waals surface area (Å²) in [6, 6.07) is 0. The molecule has 0 unspecified atom stereocenters. The van der Waals surface area contributed by atoms with Crippen molar-refractivity contribution < 1.29 is 13.5 Å². The molecular weight excluding hydrogens is 114 g/mol. The summed E-state index contributed by atoms with van der Waals surface area (Å²) in [6.45, 7) is 3.52. The Labute approximate surface area is 47.6 Å². The summed E-state index contributed by atoms with van der Waals surface area (Å²) in [6.07, 6.45) is -2.50. The summed E-state index contributed by atoms with van der Waals surface area (Å²) >= 11 is 0. The van der Waals surface area contributed by atoms with Crippen LogP contribution in [0.5, 0.6) is 0 Å². The molecule has 0 aromatic heterocycles. The Hall–Kier alpha value is -0.180. The van der Waals surface area contributed by atoms with Gasteiger partial charge in [-0.2, -0.15) is 8.78 Å². The molecule has 3 heteroatoms. The van der Waals surface area contributed by atoms with Crippen LogP contribution in [0.2, 0.25) is 0 Å². The fourth-order valence-electron chi connectivity index (χ4n) is 0.230. The van der Waals surface area contributed by atoms with Crippen LogP contribution in [0.25, 0.3) is 0 Å². The molecule has 0 fully saturated rings. The van der Waals surface area contributed by atoms with E-state index in [-0.39, 0.29) is 0 Å². The molecule has 0 aliphatic carbocycles. The molecule has 0 amide bonds. The second-order valence-corrected chi connectivity index (χ2v) is 1.50. The average Bonchev–Trinajstić information content (AvgIpc) is 1.59. The number of halogens is 2. The van der Waals surface area contributed by atoms with Gasteiger partial charge in [-0.05, 0) is 6.42 Å². The van der Waals surface area contributed by atoms with Crippen molar-refractivity contribution in [1.82, 2.24) is 0 Å². The van der Waals surface area contributed by atoms with Crippen molar-refractivity contribution >= 4 is 0 Å². The fourth-order valence-corrected chi connectivity index (χ4v) is 0.230. The molecule has 0 saturated heterocycles. The van der Waals surface area contributed by atoms with Crippen LogP contribution in [-0.4, -0.2) is 6.11 Å². The van der Waals surface area contributed by atoms with Gasteiger partial charge < -0.3 is 4.74 Å². The minimum absolute atomic E-state index is 0.503. The van der Waals surface area contributed by atoms with Crippen LogP contribution in [0.4, 0.5) is 8.78 Å².